The van der Waals surface area contributed by atoms with Crippen LogP contribution in [0.1, 0.15) is 80.1 Å². The van der Waals surface area contributed by atoms with Gasteiger partial charge in [-0.1, -0.05) is 60.5 Å². The maximum atomic E-state index is 11.4. The summed E-state index contributed by atoms with van der Waals surface area (Å²) >= 11 is 0. The molecule has 16 unspecified atom stereocenters. The van der Waals surface area contributed by atoms with Crippen LogP contribution in [0.15, 0.2) is 12.7 Å². The normalized spacial score (nSPS) is 59.2. The SMILES string of the molecule is C=CC1C2CC3NC(CC4NC5C(CC(O)C5C4C)C4NC(CC(N2)C1C)[C@@H](C)[C@@H]4CC)C(CC)C3C. The van der Waals surface area contributed by atoms with E-state index in [-0.39, 0.29) is 6.10 Å². The van der Waals surface area contributed by atoms with Gasteiger partial charge < -0.3 is 26.4 Å². The van der Waals surface area contributed by atoms with Crippen molar-refractivity contribution < 1.29 is 5.11 Å². The molecule has 0 amide bonds. The highest BCUT2D eigenvalue weighted by Gasteiger charge is 2.58. The highest BCUT2D eigenvalue weighted by Crippen LogP contribution is 2.50. The van der Waals surface area contributed by atoms with Gasteiger partial charge in [-0.25, -0.2) is 0 Å². The van der Waals surface area contributed by atoms with Crippen LogP contribution in [0.5, 0.6) is 0 Å². The van der Waals surface area contributed by atoms with Crippen molar-refractivity contribution in [3.8, 4) is 0 Å². The Morgan fingerprint density at radius 3 is 1.89 bits per heavy atom. The maximum Gasteiger partial charge on any atom is 0.0590 e. The standard InChI is InChI=1S/C32H56N4O/c1-8-19-15(4)23-12-25-17(6)21(10-3)31(35-25)22-11-29(37)30-18(7)26(36-32(22)30)14-28-20(9-2)16(5)24(34-28)13-27(19)33-23/h8,15-37H,1,9-14H2,2-7H3/t15?,16?,17-,18?,19?,20?,21-,22?,23?,24?,25?,26?,27?,28?,29?,30?,31?,32?/m0/s1. The molecule has 1 aliphatic carbocycles. The molecule has 18 atom stereocenters. The Kier molecular flexibility index (Phi) is 7.36. The second-order valence-corrected chi connectivity index (χ2v) is 14.5. The smallest absolute Gasteiger partial charge is 0.0590 e. The van der Waals surface area contributed by atoms with Gasteiger partial charge in [-0.3, -0.25) is 0 Å². The number of rotatable bonds is 3. The Hall–Kier alpha value is -0.460. The van der Waals surface area contributed by atoms with Gasteiger partial charge in [0.15, 0.2) is 0 Å². The molecule has 1 saturated carbocycles. The highest BCUT2D eigenvalue weighted by atomic mass is 16.3. The second-order valence-electron chi connectivity index (χ2n) is 14.5. The molecular formula is C32H56N4O. The summed E-state index contributed by atoms with van der Waals surface area (Å²) in [5, 5.41) is 28.2. The van der Waals surface area contributed by atoms with Crippen molar-refractivity contribution in [1.29, 1.82) is 0 Å². The molecular weight excluding hydrogens is 456 g/mol. The zero-order chi connectivity index (χ0) is 26.2. The Labute approximate surface area is 226 Å². The van der Waals surface area contributed by atoms with Crippen LogP contribution in [-0.4, -0.2) is 59.5 Å². The molecule has 6 fully saturated rings. The first kappa shape index (κ1) is 26.7. The van der Waals surface area contributed by atoms with Crippen LogP contribution < -0.4 is 21.3 Å². The lowest BCUT2D eigenvalue weighted by atomic mass is 9.77. The molecule has 5 heterocycles. The molecule has 5 aliphatic heterocycles. The van der Waals surface area contributed by atoms with Gasteiger partial charge in [0.25, 0.3) is 0 Å². The summed E-state index contributed by atoms with van der Waals surface area (Å²) in [6.07, 6.45) is 9.16. The summed E-state index contributed by atoms with van der Waals surface area (Å²) in [4.78, 5) is 0. The third-order valence-electron chi connectivity index (χ3n) is 13.2. The molecule has 5 saturated heterocycles. The Morgan fingerprint density at radius 2 is 1.19 bits per heavy atom. The zero-order valence-corrected chi connectivity index (χ0v) is 24.4. The summed E-state index contributed by atoms with van der Waals surface area (Å²) < 4.78 is 0. The summed E-state index contributed by atoms with van der Waals surface area (Å²) in [5.41, 5.74) is 0. The lowest BCUT2D eigenvalue weighted by Gasteiger charge is -2.32. The first-order valence-electron chi connectivity index (χ1n) is 16.1. The van der Waals surface area contributed by atoms with E-state index in [0.29, 0.717) is 95.7 Å². The fourth-order valence-electron chi connectivity index (χ4n) is 11.1. The van der Waals surface area contributed by atoms with Crippen LogP contribution in [0, 0.1) is 53.3 Å². The fraction of sp³-hybridized carbons (Fsp3) is 0.938. The van der Waals surface area contributed by atoms with E-state index < -0.39 is 0 Å². The molecule has 0 radical (unpaired) electrons. The van der Waals surface area contributed by atoms with E-state index in [9.17, 15) is 5.11 Å². The van der Waals surface area contributed by atoms with Crippen LogP contribution in [0.2, 0.25) is 0 Å². The molecule has 0 aromatic carbocycles. The molecule has 6 aliphatic rings. The van der Waals surface area contributed by atoms with Crippen molar-refractivity contribution in [3.05, 3.63) is 12.7 Å². The number of hydrogen-bond donors (Lipinski definition) is 5. The third-order valence-corrected chi connectivity index (χ3v) is 13.2. The monoisotopic (exact) mass is 512 g/mol. The lowest BCUT2D eigenvalue weighted by Crippen LogP contribution is -2.48. The van der Waals surface area contributed by atoms with E-state index in [4.69, 9.17) is 0 Å². The molecule has 6 rings (SSSR count). The minimum Gasteiger partial charge on any atom is -0.393 e. The zero-order valence-electron chi connectivity index (χ0n) is 24.4. The largest absolute Gasteiger partial charge is 0.393 e. The average molecular weight is 513 g/mol. The van der Waals surface area contributed by atoms with Crippen molar-refractivity contribution in [2.45, 2.75) is 135 Å². The summed E-state index contributed by atoms with van der Waals surface area (Å²) in [6.45, 7) is 19.0. The molecule has 0 spiro atoms. The predicted molar refractivity (Wildman–Crippen MR) is 152 cm³/mol. The molecule has 210 valence electrons. The Balaban J connectivity index is 1.35. The van der Waals surface area contributed by atoms with Gasteiger partial charge >= 0.3 is 0 Å². The van der Waals surface area contributed by atoms with E-state index in [1.54, 1.807) is 0 Å². The van der Waals surface area contributed by atoms with Crippen molar-refractivity contribution >= 4 is 0 Å². The molecule has 0 aromatic heterocycles. The summed E-state index contributed by atoms with van der Waals surface area (Å²) in [7, 11) is 0. The minimum absolute atomic E-state index is 0.161. The van der Waals surface area contributed by atoms with Gasteiger partial charge in [-0.15, -0.1) is 6.58 Å². The van der Waals surface area contributed by atoms with Crippen LogP contribution >= 0.6 is 0 Å². The number of aliphatic hydroxyl groups is 1. The fourth-order valence-corrected chi connectivity index (χ4v) is 11.1. The first-order valence-corrected chi connectivity index (χ1v) is 16.1. The molecule has 0 aromatic rings. The second kappa shape index (κ2) is 10.2. The number of nitrogens with one attached hydrogen (secondary N) is 4. The van der Waals surface area contributed by atoms with Crippen molar-refractivity contribution in [3.63, 3.8) is 0 Å². The van der Waals surface area contributed by atoms with Gasteiger partial charge in [-0.2, -0.15) is 0 Å². The highest BCUT2D eigenvalue weighted by molar-refractivity contribution is 5.15. The number of hydrogen-bond acceptors (Lipinski definition) is 5. The molecule has 37 heavy (non-hydrogen) atoms. The Bertz CT molecular complexity index is 836. The van der Waals surface area contributed by atoms with Gasteiger partial charge in [-0.05, 0) is 73.0 Å². The van der Waals surface area contributed by atoms with Crippen LogP contribution in [0.3, 0.4) is 0 Å². The van der Waals surface area contributed by atoms with Crippen LogP contribution in [0.4, 0.5) is 0 Å². The van der Waals surface area contributed by atoms with Gasteiger partial charge in [0.05, 0.1) is 6.10 Å². The van der Waals surface area contributed by atoms with E-state index in [1.807, 2.05) is 0 Å². The number of aliphatic hydroxyl groups excluding tert-OH is 1. The topological polar surface area (TPSA) is 68.3 Å². The van der Waals surface area contributed by atoms with Crippen molar-refractivity contribution in [2.24, 2.45) is 53.3 Å². The van der Waals surface area contributed by atoms with E-state index in [2.05, 4.69) is 75.5 Å². The van der Waals surface area contributed by atoms with E-state index in [0.717, 1.165) is 12.3 Å². The number of fused-ring (bicyclic) bond motifs is 8. The van der Waals surface area contributed by atoms with E-state index in [1.165, 1.54) is 32.1 Å². The van der Waals surface area contributed by atoms with Gasteiger partial charge in [0, 0.05) is 54.3 Å². The van der Waals surface area contributed by atoms with Crippen molar-refractivity contribution in [1.82, 2.24) is 21.3 Å². The third kappa shape index (κ3) is 4.20. The quantitative estimate of drug-likeness (QED) is 0.371. The molecule has 5 nitrogen and oxygen atoms in total. The van der Waals surface area contributed by atoms with Crippen LogP contribution in [-0.2, 0) is 0 Å². The van der Waals surface area contributed by atoms with Crippen molar-refractivity contribution in [2.75, 3.05) is 0 Å². The minimum atomic E-state index is -0.161. The first-order chi connectivity index (χ1) is 17.8. The predicted octanol–water partition coefficient (Wildman–Crippen LogP) is 3.93. The lowest BCUT2D eigenvalue weighted by molar-refractivity contribution is 0.104. The molecule has 5 N–H and O–H groups in total. The molecule has 5 heteroatoms. The van der Waals surface area contributed by atoms with Gasteiger partial charge in [0.2, 0.25) is 0 Å². The summed E-state index contributed by atoms with van der Waals surface area (Å²) in [5.74, 6) is 5.44. The van der Waals surface area contributed by atoms with E-state index >= 15 is 0 Å². The van der Waals surface area contributed by atoms with Gasteiger partial charge in [0.1, 0.15) is 0 Å². The van der Waals surface area contributed by atoms with Crippen LogP contribution in [0.25, 0.3) is 0 Å². The maximum absolute atomic E-state index is 11.4. The molecule has 8 bridgehead atoms. The summed E-state index contributed by atoms with van der Waals surface area (Å²) in [6, 6.07) is 4.23. The Morgan fingerprint density at radius 1 is 0.649 bits per heavy atom. The average Bonchev–Trinajstić information content (AvgIpc) is 3.61.